The minimum Gasteiger partial charge on any atom is -0.456 e. The van der Waals surface area contributed by atoms with E-state index in [9.17, 15) is 5.11 Å². The Morgan fingerprint density at radius 1 is 0.900 bits per heavy atom. The van der Waals surface area contributed by atoms with Crippen molar-refractivity contribution >= 4 is 16.7 Å². The summed E-state index contributed by atoms with van der Waals surface area (Å²) >= 11 is 0. The molecule has 0 fully saturated rings. The van der Waals surface area contributed by atoms with Gasteiger partial charge in [0.15, 0.2) is 0 Å². The number of aliphatic hydroxyl groups is 1. The summed E-state index contributed by atoms with van der Waals surface area (Å²) in [4.78, 5) is 2.32. The number of anilines is 1. The van der Waals surface area contributed by atoms with Crippen LogP contribution in [0.4, 0.5) is 5.69 Å². The molecule has 154 valence electrons. The van der Waals surface area contributed by atoms with Crippen molar-refractivity contribution in [2.75, 3.05) is 32.1 Å². The molecule has 2 aliphatic rings. The molecule has 0 bridgehead atoms. The highest BCUT2D eigenvalue weighted by Crippen LogP contribution is 2.41. The lowest BCUT2D eigenvalue weighted by atomic mass is 9.91. The Morgan fingerprint density at radius 2 is 1.67 bits per heavy atom. The van der Waals surface area contributed by atoms with Gasteiger partial charge in [0.25, 0.3) is 0 Å². The molecule has 4 nitrogen and oxygen atoms in total. The van der Waals surface area contributed by atoms with Gasteiger partial charge in [-0.2, -0.15) is 0 Å². The molecule has 1 aliphatic carbocycles. The average Bonchev–Trinajstić information content (AvgIpc) is 2.77. The van der Waals surface area contributed by atoms with Gasteiger partial charge in [0.1, 0.15) is 25.4 Å². The minimum absolute atomic E-state index is 0.00148. The Bertz CT molecular complexity index is 1230. The molecule has 0 atom stereocenters. The van der Waals surface area contributed by atoms with Crippen molar-refractivity contribution in [3.63, 3.8) is 0 Å². The zero-order chi connectivity index (χ0) is 21.3. The Morgan fingerprint density at radius 3 is 2.37 bits per heavy atom. The van der Waals surface area contributed by atoms with Crippen molar-refractivity contribution in [3.05, 3.63) is 71.6 Å². The van der Waals surface area contributed by atoms with Crippen molar-refractivity contribution in [1.82, 2.24) is 4.58 Å². The Hall–Kier alpha value is -3.11. The summed E-state index contributed by atoms with van der Waals surface area (Å²) in [6.45, 7) is 6.22. The Kier molecular flexibility index (Phi) is 5.60. The molecule has 30 heavy (non-hydrogen) atoms. The standard InChI is InChI=1S/C26H29N2O2/c1-5-28(6-2)20-12-14-23-25(16-20)30-24-15-19(27(3)4)11-13-22(24)26(23)21-10-8-7-9-18(21)17-29/h7-16,29H,5-6,17H2,1-4H3/q+1. The zero-order valence-electron chi connectivity index (χ0n) is 18.1. The van der Waals surface area contributed by atoms with Crippen LogP contribution >= 0.6 is 0 Å². The molecule has 1 N–H and O–H groups in total. The van der Waals surface area contributed by atoms with Gasteiger partial charge < -0.3 is 14.4 Å². The molecule has 1 aliphatic heterocycles. The van der Waals surface area contributed by atoms with Crippen molar-refractivity contribution in [2.24, 2.45) is 0 Å². The molecule has 1 heterocycles. The fraction of sp³-hybridized carbons (Fsp3) is 0.269. The highest BCUT2D eigenvalue weighted by molar-refractivity contribution is 6.03. The lowest BCUT2D eigenvalue weighted by Gasteiger charge is -2.22. The highest BCUT2D eigenvalue weighted by atomic mass is 16.3. The van der Waals surface area contributed by atoms with Crippen molar-refractivity contribution in [1.29, 1.82) is 0 Å². The first kappa shape index (κ1) is 20.2. The van der Waals surface area contributed by atoms with Gasteiger partial charge in [0.05, 0.1) is 12.7 Å². The highest BCUT2D eigenvalue weighted by Gasteiger charge is 2.20. The average molecular weight is 402 g/mol. The van der Waals surface area contributed by atoms with Crippen molar-refractivity contribution < 1.29 is 9.52 Å². The van der Waals surface area contributed by atoms with Crippen LogP contribution in [0.3, 0.4) is 0 Å². The molecule has 2 aromatic rings. The third kappa shape index (κ3) is 3.48. The van der Waals surface area contributed by atoms with Crippen LogP contribution in [0.5, 0.6) is 0 Å². The first-order valence-corrected chi connectivity index (χ1v) is 10.5. The van der Waals surface area contributed by atoms with Gasteiger partial charge in [-0.15, -0.1) is 0 Å². The minimum atomic E-state index is -0.00148. The summed E-state index contributed by atoms with van der Waals surface area (Å²) in [7, 11) is 4.06. The van der Waals surface area contributed by atoms with Crippen molar-refractivity contribution in [3.8, 4) is 22.5 Å². The second-order valence-corrected chi connectivity index (χ2v) is 7.72. The van der Waals surface area contributed by atoms with Crippen LogP contribution in [0.15, 0.2) is 65.1 Å². The van der Waals surface area contributed by atoms with E-state index in [2.05, 4.69) is 65.8 Å². The number of fused-ring (bicyclic) bond motifs is 2. The van der Waals surface area contributed by atoms with E-state index in [-0.39, 0.29) is 6.61 Å². The van der Waals surface area contributed by atoms with E-state index in [1.165, 1.54) is 0 Å². The predicted octanol–water partition coefficient (Wildman–Crippen LogP) is 4.57. The van der Waals surface area contributed by atoms with E-state index in [1.807, 2.05) is 32.3 Å². The molecule has 0 saturated carbocycles. The van der Waals surface area contributed by atoms with E-state index in [1.54, 1.807) is 0 Å². The summed E-state index contributed by atoms with van der Waals surface area (Å²) in [6, 6.07) is 20.8. The van der Waals surface area contributed by atoms with E-state index in [4.69, 9.17) is 4.42 Å². The Balaban J connectivity index is 2.12. The van der Waals surface area contributed by atoms with Gasteiger partial charge in [-0.25, -0.2) is 4.58 Å². The number of rotatable bonds is 5. The quantitative estimate of drug-likeness (QED) is 0.393. The maximum atomic E-state index is 9.98. The van der Waals surface area contributed by atoms with Gasteiger partial charge in [0, 0.05) is 47.4 Å². The van der Waals surface area contributed by atoms with Crippen LogP contribution in [0, 0.1) is 0 Å². The largest absolute Gasteiger partial charge is 0.456 e. The van der Waals surface area contributed by atoms with Crippen LogP contribution in [0.25, 0.3) is 33.4 Å². The lowest BCUT2D eigenvalue weighted by molar-refractivity contribution is 0.282. The van der Waals surface area contributed by atoms with Gasteiger partial charge >= 0.3 is 0 Å². The van der Waals surface area contributed by atoms with Crippen LogP contribution in [0.1, 0.15) is 19.4 Å². The number of aliphatic hydroxyl groups excluding tert-OH is 1. The normalized spacial score (nSPS) is 11.2. The summed E-state index contributed by atoms with van der Waals surface area (Å²) in [6.07, 6.45) is 0. The SMILES string of the molecule is CCN(CC)c1ccc2c(-c3ccccc3CO)c3ccc(=[N+](C)C)cc-3oc2c1. The molecule has 0 spiro atoms. The first-order valence-electron chi connectivity index (χ1n) is 10.5. The lowest BCUT2D eigenvalue weighted by Crippen LogP contribution is -2.21. The predicted molar refractivity (Wildman–Crippen MR) is 125 cm³/mol. The molecule has 0 unspecified atom stereocenters. The summed E-state index contributed by atoms with van der Waals surface area (Å²) in [5.74, 6) is 0.841. The molecule has 4 rings (SSSR count). The van der Waals surface area contributed by atoms with Gasteiger partial charge in [0.2, 0.25) is 5.36 Å². The fourth-order valence-electron chi connectivity index (χ4n) is 4.12. The second-order valence-electron chi connectivity index (χ2n) is 7.72. The molecule has 2 aromatic carbocycles. The van der Waals surface area contributed by atoms with Gasteiger partial charge in [-0.3, -0.25) is 0 Å². The van der Waals surface area contributed by atoms with Gasteiger partial charge in [-0.1, -0.05) is 24.3 Å². The maximum absolute atomic E-state index is 9.98. The number of benzene rings is 3. The smallest absolute Gasteiger partial charge is 0.203 e. The van der Waals surface area contributed by atoms with E-state index < -0.39 is 0 Å². The molecule has 4 heteroatoms. The van der Waals surface area contributed by atoms with Crippen molar-refractivity contribution in [2.45, 2.75) is 20.5 Å². The van der Waals surface area contributed by atoms with Crippen LogP contribution in [0.2, 0.25) is 0 Å². The first-order chi connectivity index (χ1) is 14.6. The summed E-state index contributed by atoms with van der Waals surface area (Å²) in [5.41, 5.74) is 6.11. The monoisotopic (exact) mass is 401 g/mol. The molecule has 0 saturated heterocycles. The fourth-order valence-corrected chi connectivity index (χ4v) is 4.12. The van der Waals surface area contributed by atoms with E-state index in [0.29, 0.717) is 0 Å². The maximum Gasteiger partial charge on any atom is 0.203 e. The van der Waals surface area contributed by atoms with E-state index in [0.717, 1.165) is 63.1 Å². The summed E-state index contributed by atoms with van der Waals surface area (Å²) < 4.78 is 8.51. The third-order valence-electron chi connectivity index (χ3n) is 5.79. The third-order valence-corrected chi connectivity index (χ3v) is 5.79. The topological polar surface area (TPSA) is 39.6 Å². The van der Waals surface area contributed by atoms with E-state index >= 15 is 0 Å². The van der Waals surface area contributed by atoms with Crippen LogP contribution < -0.4 is 14.8 Å². The zero-order valence-corrected chi connectivity index (χ0v) is 18.1. The number of hydrogen-bond acceptors (Lipinski definition) is 3. The summed E-state index contributed by atoms with van der Waals surface area (Å²) in [5, 5.41) is 12.1. The number of hydrogen-bond donors (Lipinski definition) is 1. The van der Waals surface area contributed by atoms with Crippen LogP contribution in [-0.4, -0.2) is 32.3 Å². The second kappa shape index (κ2) is 8.33. The molecule has 0 aromatic heterocycles. The van der Waals surface area contributed by atoms with Crippen LogP contribution in [-0.2, 0) is 6.61 Å². The molecule has 0 amide bonds. The van der Waals surface area contributed by atoms with Gasteiger partial charge in [-0.05, 0) is 43.2 Å². The number of nitrogens with zero attached hydrogens (tertiary/aromatic N) is 2. The molecular weight excluding hydrogens is 372 g/mol. The Labute approximate surface area is 177 Å². The molecular formula is C26H29N2O2+. The molecule has 0 radical (unpaired) electrons.